The van der Waals surface area contributed by atoms with Gasteiger partial charge in [0, 0.05) is 23.9 Å². The summed E-state index contributed by atoms with van der Waals surface area (Å²) in [6.45, 7) is 1.09. The van der Waals surface area contributed by atoms with E-state index < -0.39 is 0 Å². The largest absolute Gasteiger partial charge is 0.376 e. The molecule has 0 atom stereocenters. The van der Waals surface area contributed by atoms with E-state index in [1.54, 1.807) is 18.3 Å². The molecule has 0 spiro atoms. The van der Waals surface area contributed by atoms with Gasteiger partial charge in [-0.1, -0.05) is 6.07 Å². The molecule has 1 aliphatic rings. The average Bonchev–Trinajstić information content (AvgIpc) is 2.84. The average molecular weight is 244 g/mol. The predicted octanol–water partition coefficient (Wildman–Crippen LogP) is 1.13. The molecule has 1 aliphatic heterocycles. The van der Waals surface area contributed by atoms with Gasteiger partial charge >= 0.3 is 0 Å². The summed E-state index contributed by atoms with van der Waals surface area (Å²) in [6.07, 6.45) is 2.39. The van der Waals surface area contributed by atoms with E-state index in [-0.39, 0.29) is 5.91 Å². The van der Waals surface area contributed by atoms with Crippen molar-refractivity contribution in [1.82, 2.24) is 15.2 Å². The van der Waals surface area contributed by atoms with Gasteiger partial charge in [0.1, 0.15) is 5.82 Å². The van der Waals surface area contributed by atoms with E-state index in [9.17, 15) is 4.79 Å². The van der Waals surface area contributed by atoms with Crippen LogP contribution in [0.15, 0.2) is 24.4 Å². The number of carbonyl (C=O) groups excluding carboxylic acids is 1. The van der Waals surface area contributed by atoms with E-state index in [1.807, 2.05) is 6.07 Å². The first kappa shape index (κ1) is 10.9. The Balaban J connectivity index is 1.83. The summed E-state index contributed by atoms with van der Waals surface area (Å²) in [7, 11) is 0. The highest BCUT2D eigenvalue weighted by atomic mass is 16.5. The van der Waals surface area contributed by atoms with Gasteiger partial charge in [0.05, 0.1) is 13.2 Å². The molecule has 0 aliphatic carbocycles. The van der Waals surface area contributed by atoms with Gasteiger partial charge in [-0.3, -0.25) is 9.89 Å². The van der Waals surface area contributed by atoms with Crippen LogP contribution in [0.25, 0.3) is 0 Å². The lowest BCUT2D eigenvalue weighted by Crippen LogP contribution is -2.17. The number of carbonyl (C=O) groups is 1. The molecule has 3 rings (SSSR count). The molecule has 0 unspecified atom stereocenters. The van der Waals surface area contributed by atoms with Crippen LogP contribution in [0.5, 0.6) is 0 Å². The van der Waals surface area contributed by atoms with Gasteiger partial charge in [-0.05, 0) is 12.1 Å². The third-order valence-electron chi connectivity index (χ3n) is 2.82. The van der Waals surface area contributed by atoms with Gasteiger partial charge < -0.3 is 10.1 Å². The van der Waals surface area contributed by atoms with Crippen LogP contribution in [0, 0.1) is 0 Å². The van der Waals surface area contributed by atoms with Crippen LogP contribution in [0.1, 0.15) is 21.7 Å². The second-order valence-corrected chi connectivity index (χ2v) is 4.00. The zero-order chi connectivity index (χ0) is 12.4. The monoisotopic (exact) mass is 244 g/mol. The Morgan fingerprint density at radius 2 is 2.39 bits per heavy atom. The molecule has 2 aromatic heterocycles. The first-order chi connectivity index (χ1) is 8.84. The molecule has 92 valence electrons. The Kier molecular flexibility index (Phi) is 2.77. The summed E-state index contributed by atoms with van der Waals surface area (Å²) in [4.78, 5) is 16.1. The molecule has 6 heteroatoms. The minimum Gasteiger partial charge on any atom is -0.376 e. The Labute approximate surface area is 103 Å². The zero-order valence-corrected chi connectivity index (χ0v) is 9.64. The number of fused-ring (bicyclic) bond motifs is 1. The fourth-order valence-electron chi connectivity index (χ4n) is 1.91. The number of pyridine rings is 1. The van der Waals surface area contributed by atoms with Crippen molar-refractivity contribution in [1.29, 1.82) is 0 Å². The van der Waals surface area contributed by atoms with E-state index >= 15 is 0 Å². The number of nitrogens with zero attached hydrogens (tertiary/aromatic N) is 2. The highest BCUT2D eigenvalue weighted by Gasteiger charge is 2.22. The molecule has 1 amide bonds. The number of rotatable bonds is 2. The van der Waals surface area contributed by atoms with Gasteiger partial charge in [-0.25, -0.2) is 4.98 Å². The lowest BCUT2D eigenvalue weighted by Gasteiger charge is -2.12. The van der Waals surface area contributed by atoms with E-state index in [1.165, 1.54) is 0 Å². The zero-order valence-electron chi connectivity index (χ0n) is 9.64. The SMILES string of the molecule is O=C(Nc1ccccn1)c1n[nH]c2c1COCC2. The van der Waals surface area contributed by atoms with Crippen molar-refractivity contribution >= 4 is 11.7 Å². The number of H-pyrrole nitrogens is 1. The molecule has 0 saturated heterocycles. The van der Waals surface area contributed by atoms with Crippen LogP contribution in [-0.4, -0.2) is 27.7 Å². The molecule has 0 bridgehead atoms. The smallest absolute Gasteiger partial charge is 0.277 e. The number of amides is 1. The molecule has 0 aromatic carbocycles. The molecule has 2 aromatic rings. The van der Waals surface area contributed by atoms with Crippen molar-refractivity contribution in [3.63, 3.8) is 0 Å². The van der Waals surface area contributed by atoms with E-state index in [4.69, 9.17) is 4.74 Å². The Morgan fingerprint density at radius 3 is 3.22 bits per heavy atom. The van der Waals surface area contributed by atoms with E-state index in [2.05, 4.69) is 20.5 Å². The molecular weight excluding hydrogens is 232 g/mol. The summed E-state index contributed by atoms with van der Waals surface area (Å²) in [5, 5.41) is 9.64. The minimum atomic E-state index is -0.267. The number of nitrogens with one attached hydrogen (secondary N) is 2. The molecular formula is C12H12N4O2. The minimum absolute atomic E-state index is 0.267. The highest BCUT2D eigenvalue weighted by Crippen LogP contribution is 2.18. The van der Waals surface area contributed by atoms with Crippen LogP contribution >= 0.6 is 0 Å². The molecule has 3 heterocycles. The van der Waals surface area contributed by atoms with Crippen molar-refractivity contribution < 1.29 is 9.53 Å². The maximum Gasteiger partial charge on any atom is 0.277 e. The molecule has 18 heavy (non-hydrogen) atoms. The van der Waals surface area contributed by atoms with Crippen molar-refractivity contribution in [3.8, 4) is 0 Å². The van der Waals surface area contributed by atoms with Crippen molar-refractivity contribution in [3.05, 3.63) is 41.3 Å². The second kappa shape index (κ2) is 4.58. The lowest BCUT2D eigenvalue weighted by molar-refractivity contribution is 0.0984. The fourth-order valence-corrected chi connectivity index (χ4v) is 1.91. The Hall–Kier alpha value is -2.21. The van der Waals surface area contributed by atoms with Crippen molar-refractivity contribution in [2.24, 2.45) is 0 Å². The topological polar surface area (TPSA) is 79.9 Å². The normalized spacial score (nSPS) is 14.0. The first-order valence-electron chi connectivity index (χ1n) is 5.71. The Morgan fingerprint density at radius 1 is 1.44 bits per heavy atom. The maximum absolute atomic E-state index is 12.1. The summed E-state index contributed by atoms with van der Waals surface area (Å²) in [5.41, 5.74) is 2.21. The molecule has 0 fully saturated rings. The van der Waals surface area contributed by atoms with Crippen molar-refractivity contribution in [2.75, 3.05) is 11.9 Å². The van der Waals surface area contributed by atoms with Gasteiger partial charge in [-0.15, -0.1) is 0 Å². The number of hydrogen-bond donors (Lipinski definition) is 2. The van der Waals surface area contributed by atoms with Crippen LogP contribution < -0.4 is 5.32 Å². The predicted molar refractivity (Wildman–Crippen MR) is 64.1 cm³/mol. The quantitative estimate of drug-likeness (QED) is 0.829. The fraction of sp³-hybridized carbons (Fsp3) is 0.250. The number of aromatic nitrogens is 3. The second-order valence-electron chi connectivity index (χ2n) is 4.00. The number of ether oxygens (including phenoxy) is 1. The van der Waals surface area contributed by atoms with Gasteiger partial charge in [-0.2, -0.15) is 5.10 Å². The number of anilines is 1. The Bertz CT molecular complexity index is 565. The van der Waals surface area contributed by atoms with E-state index in [0.29, 0.717) is 24.7 Å². The highest BCUT2D eigenvalue weighted by molar-refractivity contribution is 6.03. The van der Waals surface area contributed by atoms with E-state index in [0.717, 1.165) is 17.7 Å². The van der Waals surface area contributed by atoms with Gasteiger partial charge in [0.2, 0.25) is 0 Å². The lowest BCUT2D eigenvalue weighted by atomic mass is 10.1. The molecule has 0 radical (unpaired) electrons. The van der Waals surface area contributed by atoms with Crippen LogP contribution in [0.3, 0.4) is 0 Å². The van der Waals surface area contributed by atoms with Gasteiger partial charge in [0.25, 0.3) is 5.91 Å². The molecule has 2 N–H and O–H groups in total. The molecule has 0 saturated carbocycles. The first-order valence-corrected chi connectivity index (χ1v) is 5.71. The van der Waals surface area contributed by atoms with Crippen LogP contribution in [0.2, 0.25) is 0 Å². The summed E-state index contributed by atoms with van der Waals surface area (Å²) >= 11 is 0. The third kappa shape index (κ3) is 1.98. The van der Waals surface area contributed by atoms with Crippen LogP contribution in [0.4, 0.5) is 5.82 Å². The maximum atomic E-state index is 12.1. The number of hydrogen-bond acceptors (Lipinski definition) is 4. The standard InChI is InChI=1S/C12H12N4O2/c17-12(14-10-3-1-2-5-13-10)11-8-7-18-6-4-9(8)15-16-11/h1-3,5H,4,6-7H2,(H,15,16)(H,13,14,17). The summed E-state index contributed by atoms with van der Waals surface area (Å²) in [6, 6.07) is 5.33. The molecule has 6 nitrogen and oxygen atoms in total. The van der Waals surface area contributed by atoms with Gasteiger partial charge in [0.15, 0.2) is 5.69 Å². The van der Waals surface area contributed by atoms with Crippen molar-refractivity contribution in [2.45, 2.75) is 13.0 Å². The number of aromatic amines is 1. The third-order valence-corrected chi connectivity index (χ3v) is 2.82. The van der Waals surface area contributed by atoms with Crippen LogP contribution in [-0.2, 0) is 17.8 Å². The summed E-state index contributed by atoms with van der Waals surface area (Å²) in [5.74, 6) is 0.243. The summed E-state index contributed by atoms with van der Waals surface area (Å²) < 4.78 is 5.34.